The van der Waals surface area contributed by atoms with Crippen molar-refractivity contribution in [3.8, 4) is 28.5 Å². The lowest BCUT2D eigenvalue weighted by molar-refractivity contribution is 0.0948. The van der Waals surface area contributed by atoms with Crippen LogP contribution >= 0.6 is 0 Å². The van der Waals surface area contributed by atoms with E-state index in [2.05, 4.69) is 15.3 Å². The first-order chi connectivity index (χ1) is 15.2. The first-order valence-corrected chi connectivity index (χ1v) is 9.78. The quantitative estimate of drug-likeness (QED) is 0.469. The van der Waals surface area contributed by atoms with Crippen molar-refractivity contribution < 1.29 is 14.3 Å². The van der Waals surface area contributed by atoms with Crippen molar-refractivity contribution in [1.29, 1.82) is 0 Å². The van der Waals surface area contributed by atoms with E-state index in [1.165, 1.54) is 6.33 Å². The second-order valence-electron chi connectivity index (χ2n) is 6.72. The number of hydrogen-bond donors (Lipinski definition) is 1. The molecule has 6 heteroatoms. The zero-order valence-corrected chi connectivity index (χ0v) is 17.0. The summed E-state index contributed by atoms with van der Waals surface area (Å²) in [5.41, 5.74) is 2.87. The van der Waals surface area contributed by atoms with Gasteiger partial charge in [0.2, 0.25) is 0 Å². The van der Waals surface area contributed by atoms with E-state index >= 15 is 0 Å². The number of ether oxygens (including phenoxy) is 2. The van der Waals surface area contributed by atoms with E-state index in [-0.39, 0.29) is 12.5 Å². The predicted octanol–water partition coefficient (Wildman–Crippen LogP) is 4.87. The van der Waals surface area contributed by atoms with Gasteiger partial charge in [-0.1, -0.05) is 30.3 Å². The number of amides is 1. The predicted molar refractivity (Wildman–Crippen MR) is 118 cm³/mol. The molecule has 0 aliphatic rings. The van der Waals surface area contributed by atoms with Crippen molar-refractivity contribution in [1.82, 2.24) is 15.3 Å². The molecule has 31 heavy (non-hydrogen) atoms. The summed E-state index contributed by atoms with van der Waals surface area (Å²) < 4.78 is 11.1. The SMILES string of the molecule is COc1ccc(-c2cc(CNC(=O)c3ccccc3Oc3ccccc3)ncn2)cc1. The Hall–Kier alpha value is -4.19. The first-order valence-electron chi connectivity index (χ1n) is 9.78. The van der Waals surface area contributed by atoms with Crippen LogP contribution in [0.15, 0.2) is 91.3 Å². The van der Waals surface area contributed by atoms with Crippen molar-refractivity contribution in [3.63, 3.8) is 0 Å². The fourth-order valence-corrected chi connectivity index (χ4v) is 3.04. The van der Waals surface area contributed by atoms with Crippen LogP contribution in [0.4, 0.5) is 0 Å². The van der Waals surface area contributed by atoms with Gasteiger partial charge in [0.15, 0.2) is 0 Å². The van der Waals surface area contributed by atoms with Crippen LogP contribution in [0.3, 0.4) is 0 Å². The molecule has 0 saturated heterocycles. The lowest BCUT2D eigenvalue weighted by Gasteiger charge is -2.11. The molecular weight excluding hydrogens is 390 g/mol. The summed E-state index contributed by atoms with van der Waals surface area (Å²) in [5, 5.41) is 2.91. The number of carbonyl (C=O) groups excluding carboxylic acids is 1. The van der Waals surface area contributed by atoms with Crippen LogP contribution in [0.1, 0.15) is 16.1 Å². The summed E-state index contributed by atoms with van der Waals surface area (Å²) in [5.74, 6) is 1.70. The van der Waals surface area contributed by atoms with Crippen LogP contribution in [0.2, 0.25) is 0 Å². The number of hydrogen-bond acceptors (Lipinski definition) is 5. The standard InChI is InChI=1S/C25H21N3O3/c1-30-20-13-11-18(12-14-20)23-15-19(27-17-28-23)16-26-25(29)22-9-5-6-10-24(22)31-21-7-3-2-4-8-21/h2-15,17H,16H2,1H3,(H,26,29). The largest absolute Gasteiger partial charge is 0.497 e. The number of benzene rings is 3. The van der Waals surface area contributed by atoms with Crippen molar-refractivity contribution in [3.05, 3.63) is 103 Å². The highest BCUT2D eigenvalue weighted by Crippen LogP contribution is 2.25. The third kappa shape index (κ3) is 5.05. The van der Waals surface area contributed by atoms with Gasteiger partial charge in [-0.15, -0.1) is 0 Å². The maximum atomic E-state index is 12.8. The Morgan fingerprint density at radius 1 is 0.871 bits per heavy atom. The fourth-order valence-electron chi connectivity index (χ4n) is 3.04. The first kappa shape index (κ1) is 20.1. The Balaban J connectivity index is 1.46. The van der Waals surface area contributed by atoms with Crippen molar-refractivity contribution in [2.45, 2.75) is 6.54 Å². The summed E-state index contributed by atoms with van der Waals surface area (Å²) >= 11 is 0. The average molecular weight is 411 g/mol. The van der Waals surface area contributed by atoms with E-state index in [0.29, 0.717) is 22.8 Å². The van der Waals surface area contributed by atoms with Crippen LogP contribution < -0.4 is 14.8 Å². The molecule has 4 rings (SSSR count). The molecule has 4 aromatic rings. The van der Waals surface area contributed by atoms with E-state index in [9.17, 15) is 4.79 Å². The van der Waals surface area contributed by atoms with Crippen LogP contribution in [0.5, 0.6) is 17.2 Å². The third-order valence-electron chi connectivity index (χ3n) is 4.64. The molecule has 0 aliphatic heterocycles. The van der Waals surface area contributed by atoms with Gasteiger partial charge in [0, 0.05) is 5.56 Å². The van der Waals surface area contributed by atoms with Gasteiger partial charge in [-0.25, -0.2) is 9.97 Å². The number of nitrogens with zero attached hydrogens (tertiary/aromatic N) is 2. The highest BCUT2D eigenvalue weighted by Gasteiger charge is 2.13. The number of para-hydroxylation sites is 2. The number of nitrogens with one attached hydrogen (secondary N) is 1. The summed E-state index contributed by atoms with van der Waals surface area (Å²) in [6, 6.07) is 26.0. The van der Waals surface area contributed by atoms with Gasteiger partial charge in [-0.3, -0.25) is 4.79 Å². The monoisotopic (exact) mass is 411 g/mol. The molecule has 154 valence electrons. The minimum absolute atomic E-state index is 0.240. The third-order valence-corrected chi connectivity index (χ3v) is 4.64. The highest BCUT2D eigenvalue weighted by atomic mass is 16.5. The normalized spacial score (nSPS) is 10.4. The number of methoxy groups -OCH3 is 1. The molecule has 6 nitrogen and oxygen atoms in total. The zero-order valence-electron chi connectivity index (χ0n) is 17.0. The number of carbonyl (C=O) groups is 1. The maximum Gasteiger partial charge on any atom is 0.255 e. The molecule has 1 amide bonds. The molecule has 0 radical (unpaired) electrons. The summed E-state index contributed by atoms with van der Waals surface area (Å²) in [7, 11) is 1.63. The van der Waals surface area contributed by atoms with Gasteiger partial charge in [-0.2, -0.15) is 0 Å². The Labute approximate surface area is 180 Å². The lowest BCUT2D eigenvalue weighted by Crippen LogP contribution is -2.23. The lowest BCUT2D eigenvalue weighted by atomic mass is 10.1. The molecule has 0 aliphatic carbocycles. The van der Waals surface area contributed by atoms with Gasteiger partial charge in [0.05, 0.1) is 30.6 Å². The van der Waals surface area contributed by atoms with E-state index in [1.807, 2.05) is 66.7 Å². The molecule has 0 fully saturated rings. The molecule has 0 bridgehead atoms. The van der Waals surface area contributed by atoms with Crippen LogP contribution in [-0.2, 0) is 6.54 Å². The zero-order chi connectivity index (χ0) is 21.5. The number of rotatable bonds is 7. The topological polar surface area (TPSA) is 73.3 Å². The van der Waals surface area contributed by atoms with E-state index < -0.39 is 0 Å². The smallest absolute Gasteiger partial charge is 0.255 e. The molecule has 0 atom stereocenters. The molecule has 0 spiro atoms. The number of aromatic nitrogens is 2. The van der Waals surface area contributed by atoms with Gasteiger partial charge < -0.3 is 14.8 Å². The minimum atomic E-state index is -0.240. The summed E-state index contributed by atoms with van der Waals surface area (Å²) in [4.78, 5) is 21.4. The van der Waals surface area contributed by atoms with E-state index in [0.717, 1.165) is 17.0 Å². The Kier molecular flexibility index (Phi) is 6.18. The van der Waals surface area contributed by atoms with Gasteiger partial charge in [0.25, 0.3) is 5.91 Å². The van der Waals surface area contributed by atoms with Crippen LogP contribution in [0.25, 0.3) is 11.3 Å². The van der Waals surface area contributed by atoms with Crippen molar-refractivity contribution in [2.75, 3.05) is 7.11 Å². The van der Waals surface area contributed by atoms with Crippen LogP contribution in [0, 0.1) is 0 Å². The average Bonchev–Trinajstić information content (AvgIpc) is 2.84. The Bertz CT molecular complexity index is 1160. The molecule has 0 saturated carbocycles. The molecule has 1 heterocycles. The second kappa shape index (κ2) is 9.54. The van der Waals surface area contributed by atoms with Gasteiger partial charge in [-0.05, 0) is 54.6 Å². The van der Waals surface area contributed by atoms with Crippen molar-refractivity contribution >= 4 is 5.91 Å². The van der Waals surface area contributed by atoms with Crippen molar-refractivity contribution in [2.24, 2.45) is 0 Å². The molecule has 1 N–H and O–H groups in total. The van der Waals surface area contributed by atoms with Gasteiger partial charge in [0.1, 0.15) is 23.6 Å². The summed E-state index contributed by atoms with van der Waals surface area (Å²) in [6.07, 6.45) is 1.49. The van der Waals surface area contributed by atoms with Gasteiger partial charge >= 0.3 is 0 Å². The second-order valence-corrected chi connectivity index (χ2v) is 6.72. The van der Waals surface area contributed by atoms with E-state index in [4.69, 9.17) is 9.47 Å². The summed E-state index contributed by atoms with van der Waals surface area (Å²) in [6.45, 7) is 0.268. The Morgan fingerprint density at radius 3 is 2.39 bits per heavy atom. The van der Waals surface area contributed by atoms with E-state index in [1.54, 1.807) is 25.3 Å². The van der Waals surface area contributed by atoms with Crippen LogP contribution in [-0.4, -0.2) is 23.0 Å². The molecule has 3 aromatic carbocycles. The molecular formula is C25H21N3O3. The fraction of sp³-hybridized carbons (Fsp3) is 0.0800. The maximum absolute atomic E-state index is 12.8. The minimum Gasteiger partial charge on any atom is -0.497 e. The molecule has 1 aromatic heterocycles. The Morgan fingerprint density at radius 2 is 1.61 bits per heavy atom. The highest BCUT2D eigenvalue weighted by molar-refractivity contribution is 5.96. The molecule has 0 unspecified atom stereocenters.